The number of hydrogen-bond donors (Lipinski definition) is 1. The lowest BCUT2D eigenvalue weighted by molar-refractivity contribution is 0.274. The Morgan fingerprint density at radius 2 is 1.47 bits per heavy atom. The second-order valence-electron chi connectivity index (χ2n) is 3.12. The maximum absolute atomic E-state index is 13.3. The van der Waals surface area contributed by atoms with Gasteiger partial charge in [0.25, 0.3) is 0 Å². The Morgan fingerprint density at radius 3 is 2.07 bits per heavy atom. The summed E-state index contributed by atoms with van der Waals surface area (Å²) in [5.74, 6) is -4.09. The second-order valence-corrected chi connectivity index (χ2v) is 3.12. The van der Waals surface area contributed by atoms with E-state index in [0.29, 0.717) is 0 Å². The van der Waals surface area contributed by atoms with Crippen molar-refractivity contribution in [2.45, 2.75) is 6.61 Å². The van der Waals surface area contributed by atoms with Crippen LogP contribution in [0.25, 0.3) is 10.8 Å². The molecule has 0 fully saturated rings. The standard InChI is InChI=1S/C11H7F3O/c12-9-7-4-2-1-3-6(7)8(5-15)10(13)11(9)14/h1-4,15H,5H2. The van der Waals surface area contributed by atoms with Crippen LogP contribution in [-0.2, 0) is 6.61 Å². The van der Waals surface area contributed by atoms with Crippen molar-refractivity contribution in [3.8, 4) is 0 Å². The first kappa shape index (κ1) is 9.98. The highest BCUT2D eigenvalue weighted by Gasteiger charge is 2.18. The fourth-order valence-electron chi connectivity index (χ4n) is 1.56. The number of rotatable bonds is 1. The maximum atomic E-state index is 13.3. The number of aliphatic hydroxyl groups excluding tert-OH is 1. The minimum Gasteiger partial charge on any atom is -0.392 e. The minimum atomic E-state index is -1.54. The van der Waals surface area contributed by atoms with Crippen molar-refractivity contribution < 1.29 is 18.3 Å². The molecule has 2 aromatic carbocycles. The number of aliphatic hydroxyl groups is 1. The molecular weight excluding hydrogens is 205 g/mol. The summed E-state index contributed by atoms with van der Waals surface area (Å²) < 4.78 is 39.5. The Bertz CT molecular complexity index is 523. The minimum absolute atomic E-state index is 0.0274. The maximum Gasteiger partial charge on any atom is 0.195 e. The average Bonchev–Trinajstić information content (AvgIpc) is 2.27. The van der Waals surface area contributed by atoms with Crippen molar-refractivity contribution in [2.75, 3.05) is 0 Å². The van der Waals surface area contributed by atoms with Crippen LogP contribution in [0.2, 0.25) is 0 Å². The van der Waals surface area contributed by atoms with Gasteiger partial charge in [-0.15, -0.1) is 0 Å². The third-order valence-electron chi connectivity index (χ3n) is 2.30. The van der Waals surface area contributed by atoms with Crippen LogP contribution >= 0.6 is 0 Å². The van der Waals surface area contributed by atoms with E-state index in [0.717, 1.165) is 0 Å². The van der Waals surface area contributed by atoms with E-state index in [4.69, 9.17) is 5.11 Å². The SMILES string of the molecule is OCc1c(F)c(F)c(F)c2ccccc12. The third kappa shape index (κ3) is 1.37. The van der Waals surface area contributed by atoms with Crippen LogP contribution < -0.4 is 0 Å². The van der Waals surface area contributed by atoms with Crippen molar-refractivity contribution in [3.63, 3.8) is 0 Å². The summed E-state index contributed by atoms with van der Waals surface area (Å²) in [6.07, 6.45) is 0. The van der Waals surface area contributed by atoms with Gasteiger partial charge in [0.05, 0.1) is 6.61 Å². The van der Waals surface area contributed by atoms with Gasteiger partial charge < -0.3 is 5.11 Å². The largest absolute Gasteiger partial charge is 0.392 e. The normalized spacial score (nSPS) is 10.9. The molecule has 2 rings (SSSR count). The van der Waals surface area contributed by atoms with Crippen LogP contribution in [0.5, 0.6) is 0 Å². The molecular formula is C11H7F3O. The van der Waals surface area contributed by atoms with E-state index in [2.05, 4.69) is 0 Å². The molecule has 0 saturated heterocycles. The van der Waals surface area contributed by atoms with E-state index < -0.39 is 24.1 Å². The fourth-order valence-corrected chi connectivity index (χ4v) is 1.56. The quantitative estimate of drug-likeness (QED) is 0.720. The smallest absolute Gasteiger partial charge is 0.195 e. The van der Waals surface area contributed by atoms with Crippen molar-refractivity contribution in [3.05, 3.63) is 47.3 Å². The molecule has 0 saturated carbocycles. The van der Waals surface area contributed by atoms with E-state index in [1.165, 1.54) is 18.2 Å². The molecule has 1 N–H and O–H groups in total. The number of benzene rings is 2. The molecule has 0 aliphatic heterocycles. The van der Waals surface area contributed by atoms with Crippen molar-refractivity contribution in [1.82, 2.24) is 0 Å². The van der Waals surface area contributed by atoms with Crippen molar-refractivity contribution in [2.24, 2.45) is 0 Å². The van der Waals surface area contributed by atoms with Crippen LogP contribution in [0, 0.1) is 17.5 Å². The first-order valence-electron chi connectivity index (χ1n) is 4.31. The zero-order valence-electron chi connectivity index (χ0n) is 7.60. The lowest BCUT2D eigenvalue weighted by Crippen LogP contribution is -2.00. The third-order valence-corrected chi connectivity index (χ3v) is 2.30. The summed E-state index contributed by atoms with van der Waals surface area (Å²) in [6.45, 7) is -0.663. The lowest BCUT2D eigenvalue weighted by atomic mass is 10.0. The molecule has 15 heavy (non-hydrogen) atoms. The molecule has 0 unspecified atom stereocenters. The van der Waals surface area contributed by atoms with Gasteiger partial charge in [0.15, 0.2) is 17.5 Å². The molecule has 0 aromatic heterocycles. The summed E-state index contributed by atoms with van der Waals surface area (Å²) in [4.78, 5) is 0. The lowest BCUT2D eigenvalue weighted by Gasteiger charge is -2.07. The molecule has 0 amide bonds. The van der Waals surface area contributed by atoms with Gasteiger partial charge in [-0.3, -0.25) is 0 Å². The van der Waals surface area contributed by atoms with Crippen LogP contribution in [0.3, 0.4) is 0 Å². The van der Waals surface area contributed by atoms with Gasteiger partial charge >= 0.3 is 0 Å². The molecule has 0 atom stereocenters. The summed E-state index contributed by atoms with van der Waals surface area (Å²) in [5, 5.41) is 9.07. The highest BCUT2D eigenvalue weighted by Crippen LogP contribution is 2.27. The molecule has 0 aliphatic rings. The van der Waals surface area contributed by atoms with E-state index >= 15 is 0 Å². The summed E-state index contributed by atoms with van der Waals surface area (Å²) in [6, 6.07) is 5.86. The van der Waals surface area contributed by atoms with E-state index in [9.17, 15) is 13.2 Å². The predicted octanol–water partition coefficient (Wildman–Crippen LogP) is 2.75. The van der Waals surface area contributed by atoms with Crippen LogP contribution in [-0.4, -0.2) is 5.11 Å². The van der Waals surface area contributed by atoms with Gasteiger partial charge in [-0.2, -0.15) is 0 Å². The number of hydrogen-bond acceptors (Lipinski definition) is 1. The predicted molar refractivity (Wildman–Crippen MR) is 49.7 cm³/mol. The fraction of sp³-hybridized carbons (Fsp3) is 0.0909. The van der Waals surface area contributed by atoms with Gasteiger partial charge in [-0.25, -0.2) is 13.2 Å². The van der Waals surface area contributed by atoms with Crippen LogP contribution in [0.4, 0.5) is 13.2 Å². The topological polar surface area (TPSA) is 20.2 Å². The Kier molecular flexibility index (Phi) is 2.36. The van der Waals surface area contributed by atoms with Gasteiger partial charge in [-0.05, 0) is 5.39 Å². The molecule has 1 nitrogen and oxygen atoms in total. The zero-order chi connectivity index (χ0) is 11.0. The molecule has 78 valence electrons. The Hall–Kier alpha value is -1.55. The Morgan fingerprint density at radius 1 is 0.867 bits per heavy atom. The van der Waals surface area contributed by atoms with Gasteiger partial charge in [0.1, 0.15) is 0 Å². The molecule has 0 heterocycles. The first-order valence-corrected chi connectivity index (χ1v) is 4.31. The summed E-state index contributed by atoms with van der Waals surface area (Å²) >= 11 is 0. The van der Waals surface area contributed by atoms with Gasteiger partial charge in [-0.1, -0.05) is 24.3 Å². The monoisotopic (exact) mass is 212 g/mol. The van der Waals surface area contributed by atoms with E-state index in [1.54, 1.807) is 6.07 Å². The molecule has 2 aromatic rings. The number of fused-ring (bicyclic) bond motifs is 1. The Labute approximate surface area is 83.8 Å². The zero-order valence-corrected chi connectivity index (χ0v) is 7.60. The van der Waals surface area contributed by atoms with Gasteiger partial charge in [0.2, 0.25) is 0 Å². The average molecular weight is 212 g/mol. The number of halogens is 3. The van der Waals surface area contributed by atoms with Gasteiger partial charge in [0, 0.05) is 10.9 Å². The molecule has 0 radical (unpaired) electrons. The first-order chi connectivity index (χ1) is 7.16. The molecule has 0 aliphatic carbocycles. The molecule has 4 heteroatoms. The van der Waals surface area contributed by atoms with E-state index in [1.807, 2.05) is 0 Å². The van der Waals surface area contributed by atoms with Crippen LogP contribution in [0.1, 0.15) is 5.56 Å². The molecule has 0 spiro atoms. The summed E-state index contributed by atoms with van der Waals surface area (Å²) in [5.41, 5.74) is -0.218. The summed E-state index contributed by atoms with van der Waals surface area (Å²) in [7, 11) is 0. The highest BCUT2D eigenvalue weighted by atomic mass is 19.2. The van der Waals surface area contributed by atoms with Crippen LogP contribution in [0.15, 0.2) is 24.3 Å². The van der Waals surface area contributed by atoms with Crippen molar-refractivity contribution in [1.29, 1.82) is 0 Å². The second kappa shape index (κ2) is 3.55. The van der Waals surface area contributed by atoms with E-state index in [-0.39, 0.29) is 16.3 Å². The van der Waals surface area contributed by atoms with Crippen molar-refractivity contribution >= 4 is 10.8 Å². The highest BCUT2D eigenvalue weighted by molar-refractivity contribution is 5.86. The Balaban J connectivity index is 2.98. The molecule has 0 bridgehead atoms.